The first-order valence-corrected chi connectivity index (χ1v) is 5.76. The Morgan fingerprint density at radius 2 is 2.16 bits per heavy atom. The summed E-state index contributed by atoms with van der Waals surface area (Å²) in [6.07, 6.45) is 1.36. The van der Waals surface area contributed by atoms with Crippen molar-refractivity contribution in [1.82, 2.24) is 10.2 Å². The summed E-state index contributed by atoms with van der Waals surface area (Å²) in [5, 5.41) is 2.39. The molecule has 19 heavy (non-hydrogen) atoms. The van der Waals surface area contributed by atoms with Crippen molar-refractivity contribution in [2.45, 2.75) is 6.92 Å². The summed E-state index contributed by atoms with van der Waals surface area (Å²) in [6, 6.07) is 3.06. The second kappa shape index (κ2) is 7.20. The second-order valence-corrected chi connectivity index (χ2v) is 3.71. The van der Waals surface area contributed by atoms with Crippen LogP contribution in [0.4, 0.5) is 0 Å². The summed E-state index contributed by atoms with van der Waals surface area (Å²) in [6.45, 7) is 1.58. The van der Waals surface area contributed by atoms with E-state index < -0.39 is 17.8 Å². The Balaban J connectivity index is 2.34. The Morgan fingerprint density at radius 3 is 2.74 bits per heavy atom. The molecule has 0 atom stereocenters. The van der Waals surface area contributed by atoms with Crippen LogP contribution in [0.15, 0.2) is 22.8 Å². The second-order valence-electron chi connectivity index (χ2n) is 3.71. The van der Waals surface area contributed by atoms with Crippen LogP contribution in [-0.2, 0) is 14.3 Å². The molecule has 2 amide bonds. The van der Waals surface area contributed by atoms with Crippen LogP contribution in [0.2, 0.25) is 0 Å². The van der Waals surface area contributed by atoms with Gasteiger partial charge in [-0.25, -0.2) is 0 Å². The highest BCUT2D eigenvalue weighted by atomic mass is 16.5. The number of likely N-dealkylation sites (N-methyl/N-ethyl adjacent to an activating group) is 1. The molecule has 104 valence electrons. The number of carbonyl (C=O) groups excluding carboxylic acids is 3. The Bertz CT molecular complexity index is 441. The van der Waals surface area contributed by atoms with E-state index in [0.29, 0.717) is 0 Å². The van der Waals surface area contributed by atoms with Crippen molar-refractivity contribution in [3.63, 3.8) is 0 Å². The monoisotopic (exact) mass is 268 g/mol. The zero-order valence-electron chi connectivity index (χ0n) is 10.8. The molecule has 0 saturated carbocycles. The van der Waals surface area contributed by atoms with E-state index in [1.165, 1.54) is 24.3 Å². The molecule has 0 aliphatic rings. The first kappa shape index (κ1) is 14.7. The highest BCUT2D eigenvalue weighted by Crippen LogP contribution is 1.98. The molecule has 1 aromatic heterocycles. The van der Waals surface area contributed by atoms with Gasteiger partial charge in [0.15, 0.2) is 5.76 Å². The van der Waals surface area contributed by atoms with Crippen LogP contribution in [-0.4, -0.2) is 49.4 Å². The Labute approximate surface area is 110 Å². The molecule has 0 radical (unpaired) electrons. The third-order valence-corrected chi connectivity index (χ3v) is 2.24. The molecular weight excluding hydrogens is 252 g/mol. The van der Waals surface area contributed by atoms with Crippen LogP contribution in [0.25, 0.3) is 0 Å². The van der Waals surface area contributed by atoms with Crippen molar-refractivity contribution in [3.05, 3.63) is 24.2 Å². The van der Waals surface area contributed by atoms with E-state index in [4.69, 9.17) is 9.15 Å². The summed E-state index contributed by atoms with van der Waals surface area (Å²) in [4.78, 5) is 35.5. The molecule has 1 heterocycles. The molecule has 7 heteroatoms. The molecule has 7 nitrogen and oxygen atoms in total. The molecule has 1 rings (SSSR count). The summed E-state index contributed by atoms with van der Waals surface area (Å²) in [7, 11) is 1.46. The van der Waals surface area contributed by atoms with E-state index in [0.717, 1.165) is 0 Å². The summed E-state index contributed by atoms with van der Waals surface area (Å²) >= 11 is 0. The molecule has 0 aromatic carbocycles. The molecule has 0 spiro atoms. The van der Waals surface area contributed by atoms with Crippen LogP contribution in [0, 0.1) is 0 Å². The lowest BCUT2D eigenvalue weighted by atomic mass is 10.4. The van der Waals surface area contributed by atoms with Gasteiger partial charge >= 0.3 is 5.97 Å². The average Bonchev–Trinajstić information content (AvgIpc) is 2.89. The van der Waals surface area contributed by atoms with Crippen LogP contribution in [0.1, 0.15) is 17.5 Å². The quantitative estimate of drug-likeness (QED) is 0.735. The maximum atomic E-state index is 11.6. The number of esters is 1. The Morgan fingerprint density at radius 1 is 1.42 bits per heavy atom. The van der Waals surface area contributed by atoms with Crippen molar-refractivity contribution in [2.24, 2.45) is 0 Å². The minimum atomic E-state index is -0.490. The minimum absolute atomic E-state index is 0.126. The van der Waals surface area contributed by atoms with Crippen LogP contribution < -0.4 is 5.32 Å². The standard InChI is InChI=1S/C12H16N2O5/c1-3-18-11(16)8-14(2)10(15)7-13-12(17)9-5-4-6-19-9/h4-6H,3,7-8H2,1-2H3,(H,13,17). The number of hydrogen-bond donors (Lipinski definition) is 1. The smallest absolute Gasteiger partial charge is 0.325 e. The lowest BCUT2D eigenvalue weighted by Gasteiger charge is -2.16. The van der Waals surface area contributed by atoms with Gasteiger partial charge in [0.1, 0.15) is 6.54 Å². The van der Waals surface area contributed by atoms with Crippen molar-refractivity contribution in [1.29, 1.82) is 0 Å². The van der Waals surface area contributed by atoms with E-state index >= 15 is 0 Å². The fourth-order valence-electron chi connectivity index (χ4n) is 1.27. The number of carbonyl (C=O) groups is 3. The van der Waals surface area contributed by atoms with Gasteiger partial charge in [0.05, 0.1) is 19.4 Å². The molecule has 1 N–H and O–H groups in total. The zero-order valence-corrected chi connectivity index (χ0v) is 10.8. The topological polar surface area (TPSA) is 88.9 Å². The van der Waals surface area contributed by atoms with Gasteiger partial charge in [-0.15, -0.1) is 0 Å². The SMILES string of the molecule is CCOC(=O)CN(C)C(=O)CNC(=O)c1ccco1. The Kier molecular flexibility index (Phi) is 5.59. The third kappa shape index (κ3) is 4.82. The van der Waals surface area contributed by atoms with E-state index in [1.54, 1.807) is 13.0 Å². The van der Waals surface area contributed by atoms with Crippen LogP contribution in [0.3, 0.4) is 0 Å². The van der Waals surface area contributed by atoms with Gasteiger partial charge in [-0.05, 0) is 19.1 Å². The van der Waals surface area contributed by atoms with Crippen molar-refractivity contribution >= 4 is 17.8 Å². The third-order valence-electron chi connectivity index (χ3n) is 2.24. The summed E-state index contributed by atoms with van der Waals surface area (Å²) in [5.41, 5.74) is 0. The maximum Gasteiger partial charge on any atom is 0.325 e. The van der Waals surface area contributed by atoms with E-state index in [-0.39, 0.29) is 25.5 Å². The molecular formula is C12H16N2O5. The maximum absolute atomic E-state index is 11.6. The van der Waals surface area contributed by atoms with Crippen molar-refractivity contribution in [3.8, 4) is 0 Å². The minimum Gasteiger partial charge on any atom is -0.465 e. The number of rotatable bonds is 6. The molecule has 0 bridgehead atoms. The number of nitrogens with one attached hydrogen (secondary N) is 1. The zero-order chi connectivity index (χ0) is 14.3. The van der Waals surface area contributed by atoms with Gasteiger partial charge in [0.25, 0.3) is 5.91 Å². The highest BCUT2D eigenvalue weighted by Gasteiger charge is 2.15. The summed E-state index contributed by atoms with van der Waals surface area (Å²) in [5.74, 6) is -1.24. The number of ether oxygens (including phenoxy) is 1. The van der Waals surface area contributed by atoms with E-state index in [1.807, 2.05) is 0 Å². The molecule has 0 unspecified atom stereocenters. The fraction of sp³-hybridized carbons (Fsp3) is 0.417. The van der Waals surface area contributed by atoms with Gasteiger partial charge in [-0.1, -0.05) is 0 Å². The largest absolute Gasteiger partial charge is 0.465 e. The van der Waals surface area contributed by atoms with E-state index in [9.17, 15) is 14.4 Å². The molecule has 0 aliphatic heterocycles. The van der Waals surface area contributed by atoms with Gasteiger partial charge < -0.3 is 19.4 Å². The fourth-order valence-corrected chi connectivity index (χ4v) is 1.27. The van der Waals surface area contributed by atoms with Gasteiger partial charge in [-0.3, -0.25) is 14.4 Å². The first-order valence-electron chi connectivity index (χ1n) is 5.76. The van der Waals surface area contributed by atoms with Crippen LogP contribution >= 0.6 is 0 Å². The lowest BCUT2D eigenvalue weighted by molar-refractivity contribution is -0.147. The number of hydrogen-bond acceptors (Lipinski definition) is 5. The van der Waals surface area contributed by atoms with E-state index in [2.05, 4.69) is 5.32 Å². The number of amides is 2. The van der Waals surface area contributed by atoms with Crippen LogP contribution in [0.5, 0.6) is 0 Å². The van der Waals surface area contributed by atoms with Crippen molar-refractivity contribution in [2.75, 3.05) is 26.7 Å². The van der Waals surface area contributed by atoms with Gasteiger partial charge in [0.2, 0.25) is 5.91 Å². The van der Waals surface area contributed by atoms with Gasteiger partial charge in [0, 0.05) is 7.05 Å². The van der Waals surface area contributed by atoms with Gasteiger partial charge in [-0.2, -0.15) is 0 Å². The highest BCUT2D eigenvalue weighted by molar-refractivity contribution is 5.94. The number of nitrogens with zero attached hydrogens (tertiary/aromatic N) is 1. The average molecular weight is 268 g/mol. The Hall–Kier alpha value is -2.31. The predicted octanol–water partition coefficient (Wildman–Crippen LogP) is 0.0309. The molecule has 0 fully saturated rings. The predicted molar refractivity (Wildman–Crippen MR) is 65.3 cm³/mol. The number of furan rings is 1. The molecule has 1 aromatic rings. The van der Waals surface area contributed by atoms with Crippen molar-refractivity contribution < 1.29 is 23.5 Å². The first-order chi connectivity index (χ1) is 9.04. The normalized spacial score (nSPS) is 9.79. The lowest BCUT2D eigenvalue weighted by Crippen LogP contribution is -2.40. The molecule has 0 aliphatic carbocycles. The molecule has 0 saturated heterocycles. The summed E-state index contributed by atoms with van der Waals surface area (Å²) < 4.78 is 9.59.